The third kappa shape index (κ3) is 5.04. The van der Waals surface area contributed by atoms with Crippen LogP contribution >= 0.6 is 0 Å². The number of benzene rings is 2. The molecule has 0 aliphatic heterocycles. The first kappa shape index (κ1) is 18.4. The first-order valence-corrected chi connectivity index (χ1v) is 8.64. The fourth-order valence-corrected chi connectivity index (χ4v) is 2.60. The zero-order valence-electron chi connectivity index (χ0n) is 15.4. The van der Waals surface area contributed by atoms with Crippen molar-refractivity contribution in [3.05, 3.63) is 83.7 Å². The number of hydrogen-bond acceptors (Lipinski definition) is 5. The van der Waals surface area contributed by atoms with Gasteiger partial charge in [-0.05, 0) is 23.3 Å². The van der Waals surface area contributed by atoms with E-state index in [4.69, 9.17) is 4.74 Å². The molecule has 0 radical (unpaired) electrons. The quantitative estimate of drug-likeness (QED) is 0.698. The summed E-state index contributed by atoms with van der Waals surface area (Å²) in [6, 6.07) is 17.6. The number of hydrogen-bond donors (Lipinski definition) is 1. The zero-order chi connectivity index (χ0) is 19.1. The lowest BCUT2D eigenvalue weighted by molar-refractivity contribution is 0.0784. The number of amides is 1. The molecule has 0 saturated carbocycles. The summed E-state index contributed by atoms with van der Waals surface area (Å²) in [4.78, 5) is 22.7. The van der Waals surface area contributed by atoms with Crippen LogP contribution in [-0.2, 0) is 13.1 Å². The molecule has 0 aliphatic carbocycles. The van der Waals surface area contributed by atoms with Crippen molar-refractivity contribution in [1.29, 1.82) is 0 Å². The van der Waals surface area contributed by atoms with Gasteiger partial charge < -0.3 is 15.0 Å². The van der Waals surface area contributed by atoms with Crippen molar-refractivity contribution in [2.75, 3.05) is 19.5 Å². The van der Waals surface area contributed by atoms with Crippen LogP contribution in [0.5, 0.6) is 5.75 Å². The van der Waals surface area contributed by atoms with Gasteiger partial charge in [0.2, 0.25) is 5.95 Å². The van der Waals surface area contributed by atoms with Gasteiger partial charge in [-0.15, -0.1) is 0 Å². The van der Waals surface area contributed by atoms with Crippen molar-refractivity contribution in [1.82, 2.24) is 14.9 Å². The van der Waals surface area contributed by atoms with Crippen LogP contribution in [-0.4, -0.2) is 34.9 Å². The SMILES string of the molecule is COc1ccc(CNc2ncc(C(=O)N(C)Cc3ccccc3)cn2)cc1. The van der Waals surface area contributed by atoms with E-state index in [1.54, 1.807) is 31.5 Å². The summed E-state index contributed by atoms with van der Waals surface area (Å²) in [5, 5.41) is 3.15. The molecule has 0 fully saturated rings. The van der Waals surface area contributed by atoms with E-state index in [1.165, 1.54) is 0 Å². The minimum Gasteiger partial charge on any atom is -0.497 e. The van der Waals surface area contributed by atoms with Gasteiger partial charge in [-0.3, -0.25) is 4.79 Å². The monoisotopic (exact) mass is 362 g/mol. The number of carbonyl (C=O) groups excluding carboxylic acids is 1. The molecule has 138 valence electrons. The lowest BCUT2D eigenvalue weighted by Gasteiger charge is -2.17. The highest BCUT2D eigenvalue weighted by Gasteiger charge is 2.13. The molecule has 0 spiro atoms. The second-order valence-electron chi connectivity index (χ2n) is 6.14. The van der Waals surface area contributed by atoms with Crippen LogP contribution < -0.4 is 10.1 Å². The van der Waals surface area contributed by atoms with Gasteiger partial charge in [-0.1, -0.05) is 42.5 Å². The predicted octanol–water partition coefficient (Wildman–Crippen LogP) is 3.37. The van der Waals surface area contributed by atoms with Gasteiger partial charge in [-0.2, -0.15) is 0 Å². The molecule has 1 amide bonds. The highest BCUT2D eigenvalue weighted by atomic mass is 16.5. The van der Waals surface area contributed by atoms with Crippen LogP contribution in [0.15, 0.2) is 67.0 Å². The largest absolute Gasteiger partial charge is 0.497 e. The number of rotatable bonds is 7. The molecule has 6 nitrogen and oxygen atoms in total. The summed E-state index contributed by atoms with van der Waals surface area (Å²) in [7, 11) is 3.41. The Labute approximate surface area is 158 Å². The Morgan fingerprint density at radius 2 is 1.67 bits per heavy atom. The van der Waals surface area contributed by atoms with E-state index >= 15 is 0 Å². The predicted molar refractivity (Wildman–Crippen MR) is 105 cm³/mol. The second-order valence-corrected chi connectivity index (χ2v) is 6.14. The molecule has 27 heavy (non-hydrogen) atoms. The van der Waals surface area contributed by atoms with Gasteiger partial charge in [0, 0.05) is 32.5 Å². The molecule has 0 bridgehead atoms. The summed E-state index contributed by atoms with van der Waals surface area (Å²) in [5.74, 6) is 1.19. The van der Waals surface area contributed by atoms with Crippen molar-refractivity contribution in [3.63, 3.8) is 0 Å². The maximum absolute atomic E-state index is 12.5. The number of ether oxygens (including phenoxy) is 1. The Morgan fingerprint density at radius 3 is 2.30 bits per heavy atom. The molecular weight excluding hydrogens is 340 g/mol. The zero-order valence-corrected chi connectivity index (χ0v) is 15.4. The molecule has 1 aromatic heterocycles. The maximum Gasteiger partial charge on any atom is 0.257 e. The minimum atomic E-state index is -0.111. The lowest BCUT2D eigenvalue weighted by atomic mass is 10.2. The third-order valence-electron chi connectivity index (χ3n) is 4.12. The summed E-state index contributed by atoms with van der Waals surface area (Å²) in [6.45, 7) is 1.13. The Morgan fingerprint density at radius 1 is 1.00 bits per heavy atom. The average molecular weight is 362 g/mol. The van der Waals surface area contributed by atoms with Crippen molar-refractivity contribution in [2.24, 2.45) is 0 Å². The molecule has 0 unspecified atom stereocenters. The molecular formula is C21H22N4O2. The Hall–Kier alpha value is -3.41. The minimum absolute atomic E-state index is 0.111. The van der Waals surface area contributed by atoms with E-state index in [1.807, 2.05) is 54.6 Å². The van der Waals surface area contributed by atoms with Crippen LogP contribution in [0, 0.1) is 0 Å². The second kappa shape index (κ2) is 8.80. The van der Waals surface area contributed by atoms with Gasteiger partial charge >= 0.3 is 0 Å². The van der Waals surface area contributed by atoms with Crippen molar-refractivity contribution >= 4 is 11.9 Å². The van der Waals surface area contributed by atoms with Gasteiger partial charge in [0.1, 0.15) is 5.75 Å². The lowest BCUT2D eigenvalue weighted by Crippen LogP contribution is -2.26. The normalized spacial score (nSPS) is 10.3. The van der Waals surface area contributed by atoms with E-state index in [2.05, 4.69) is 15.3 Å². The topological polar surface area (TPSA) is 67.3 Å². The molecule has 3 rings (SSSR count). The van der Waals surface area contributed by atoms with Gasteiger partial charge in [0.05, 0.1) is 12.7 Å². The third-order valence-corrected chi connectivity index (χ3v) is 4.12. The van der Waals surface area contributed by atoms with E-state index in [9.17, 15) is 4.79 Å². The summed E-state index contributed by atoms with van der Waals surface area (Å²) in [6.07, 6.45) is 3.10. The van der Waals surface area contributed by atoms with Gasteiger partial charge in [0.15, 0.2) is 0 Å². The highest BCUT2D eigenvalue weighted by molar-refractivity contribution is 5.93. The number of nitrogens with zero attached hydrogens (tertiary/aromatic N) is 3. The molecule has 0 saturated heterocycles. The number of methoxy groups -OCH3 is 1. The Bertz CT molecular complexity index is 865. The van der Waals surface area contributed by atoms with Crippen molar-refractivity contribution < 1.29 is 9.53 Å². The summed E-state index contributed by atoms with van der Waals surface area (Å²) < 4.78 is 5.14. The fraction of sp³-hybridized carbons (Fsp3) is 0.190. The first-order valence-electron chi connectivity index (χ1n) is 8.64. The van der Waals surface area contributed by atoms with E-state index < -0.39 is 0 Å². The number of aromatic nitrogens is 2. The first-order chi connectivity index (χ1) is 13.2. The van der Waals surface area contributed by atoms with Crippen LogP contribution in [0.1, 0.15) is 21.5 Å². The Balaban J connectivity index is 1.56. The summed E-state index contributed by atoms with van der Waals surface area (Å²) >= 11 is 0. The molecule has 1 heterocycles. The van der Waals surface area contributed by atoms with Crippen LogP contribution in [0.2, 0.25) is 0 Å². The molecule has 2 aromatic carbocycles. The summed E-state index contributed by atoms with van der Waals surface area (Å²) in [5.41, 5.74) is 2.62. The van der Waals surface area contributed by atoms with Crippen LogP contribution in [0.25, 0.3) is 0 Å². The standard InChI is InChI=1S/C21H22N4O2/c1-25(15-17-6-4-3-5-7-17)20(26)18-13-23-21(24-14-18)22-12-16-8-10-19(27-2)11-9-16/h3-11,13-14H,12,15H2,1-2H3,(H,22,23,24). The average Bonchev–Trinajstić information content (AvgIpc) is 2.73. The van der Waals surface area contributed by atoms with Crippen LogP contribution in [0.4, 0.5) is 5.95 Å². The molecule has 1 N–H and O–H groups in total. The fourth-order valence-electron chi connectivity index (χ4n) is 2.60. The molecule has 0 aliphatic rings. The number of nitrogens with one attached hydrogen (secondary N) is 1. The van der Waals surface area contributed by atoms with Crippen LogP contribution in [0.3, 0.4) is 0 Å². The number of anilines is 1. The Kier molecular flexibility index (Phi) is 5.99. The van der Waals surface area contributed by atoms with Crippen molar-refractivity contribution in [2.45, 2.75) is 13.1 Å². The van der Waals surface area contributed by atoms with Gasteiger partial charge in [-0.25, -0.2) is 9.97 Å². The van der Waals surface area contributed by atoms with Crippen molar-refractivity contribution in [3.8, 4) is 5.75 Å². The molecule has 6 heteroatoms. The molecule has 3 aromatic rings. The smallest absolute Gasteiger partial charge is 0.257 e. The van der Waals surface area contributed by atoms with E-state index in [0.717, 1.165) is 16.9 Å². The number of carbonyl (C=O) groups is 1. The maximum atomic E-state index is 12.5. The molecule has 0 atom stereocenters. The highest BCUT2D eigenvalue weighted by Crippen LogP contribution is 2.13. The van der Waals surface area contributed by atoms with E-state index in [-0.39, 0.29) is 5.91 Å². The van der Waals surface area contributed by atoms with Gasteiger partial charge in [0.25, 0.3) is 5.91 Å². The van der Waals surface area contributed by atoms with E-state index in [0.29, 0.717) is 24.6 Å².